The molecule has 1 rings (SSSR count). The van der Waals surface area contributed by atoms with E-state index in [4.69, 9.17) is 0 Å². The lowest BCUT2D eigenvalue weighted by Gasteiger charge is -2.15. The second-order valence-electron chi connectivity index (χ2n) is 5.24. The molecule has 0 saturated heterocycles. The van der Waals surface area contributed by atoms with Crippen LogP contribution < -0.4 is 10.1 Å². The number of rotatable bonds is 6. The molecule has 114 valence electrons. The maximum atomic E-state index is 14.0. The molecule has 0 amide bonds. The largest absolute Gasteiger partial charge is 0.310 e. The fourth-order valence-electron chi connectivity index (χ4n) is 1.70. The van der Waals surface area contributed by atoms with Crippen LogP contribution in [0, 0.1) is 12.7 Å². The number of hydrogen-bond donors (Lipinski definition) is 2. The number of halogens is 1. The topological polar surface area (TPSA) is 61.4 Å². The fourth-order valence-corrected chi connectivity index (χ4v) is 2.91. The highest BCUT2D eigenvalue weighted by atomic mass is 32.2. The molecule has 1 aromatic rings. The summed E-state index contributed by atoms with van der Waals surface area (Å²) in [7, 11) is -0.521. The van der Waals surface area contributed by atoms with E-state index in [2.05, 4.69) is 10.1 Å². The van der Waals surface area contributed by atoms with Gasteiger partial charge in [-0.05, 0) is 24.6 Å². The molecule has 2 N–H and O–H groups in total. The third-order valence-electron chi connectivity index (χ3n) is 2.62. The Balaban J connectivity index is 3.17. The summed E-state index contributed by atoms with van der Waals surface area (Å²) >= 11 is 0. The lowest BCUT2D eigenvalue weighted by molar-refractivity contribution is 0.364. The van der Waals surface area contributed by atoms with E-state index in [1.807, 2.05) is 13.8 Å². The van der Waals surface area contributed by atoms with Gasteiger partial charge in [-0.1, -0.05) is 13.8 Å². The smallest absolute Gasteiger partial charge is 0.253 e. The fraction of sp³-hybridized carbons (Fsp3) is 0.538. The summed E-state index contributed by atoms with van der Waals surface area (Å²) in [5, 5.41) is 4.42. The summed E-state index contributed by atoms with van der Waals surface area (Å²) in [6, 6.07) is 2.89. The van der Waals surface area contributed by atoms with Crippen molar-refractivity contribution in [3.63, 3.8) is 0 Å². The monoisotopic (exact) mass is 303 g/mol. The first-order valence-electron chi connectivity index (χ1n) is 6.35. The zero-order valence-corrected chi connectivity index (χ0v) is 13.3. The highest BCUT2D eigenvalue weighted by Gasteiger charge is 2.18. The first-order chi connectivity index (χ1) is 9.13. The number of hydrogen-bond acceptors (Lipinski definition) is 4. The highest BCUT2D eigenvalue weighted by molar-refractivity contribution is 7.89. The van der Waals surface area contributed by atoms with E-state index in [-0.39, 0.29) is 23.3 Å². The molecule has 0 bridgehead atoms. The molecule has 0 atom stereocenters. The molecule has 7 heteroatoms. The number of sulfonamides is 1. The third kappa shape index (κ3) is 4.52. The van der Waals surface area contributed by atoms with Crippen molar-refractivity contribution in [2.75, 3.05) is 14.1 Å². The highest BCUT2D eigenvalue weighted by Crippen LogP contribution is 2.19. The summed E-state index contributed by atoms with van der Waals surface area (Å²) in [5.41, 5.74) is 0.657. The van der Waals surface area contributed by atoms with Crippen molar-refractivity contribution in [2.45, 2.75) is 38.3 Å². The lowest BCUT2D eigenvalue weighted by atomic mass is 10.1. The van der Waals surface area contributed by atoms with E-state index in [1.165, 1.54) is 17.1 Å². The normalized spacial score (nSPS) is 12.4. The summed E-state index contributed by atoms with van der Waals surface area (Å²) < 4.78 is 38.2. The van der Waals surface area contributed by atoms with Gasteiger partial charge < -0.3 is 5.32 Å². The Kier molecular flexibility index (Phi) is 5.64. The van der Waals surface area contributed by atoms with Gasteiger partial charge in [-0.25, -0.2) is 17.8 Å². The van der Waals surface area contributed by atoms with Crippen molar-refractivity contribution in [1.29, 1.82) is 0 Å². The van der Waals surface area contributed by atoms with Crippen LogP contribution in [-0.4, -0.2) is 33.6 Å². The minimum absolute atomic E-state index is 0.0608. The van der Waals surface area contributed by atoms with E-state index in [0.29, 0.717) is 11.1 Å². The zero-order valence-electron chi connectivity index (χ0n) is 12.5. The predicted molar refractivity (Wildman–Crippen MR) is 77.1 cm³/mol. The number of nitrogens with one attached hydrogen (secondary N) is 2. The molecule has 0 saturated carbocycles. The lowest BCUT2D eigenvalue weighted by Crippen LogP contribution is -2.36. The van der Waals surface area contributed by atoms with Crippen molar-refractivity contribution in [2.24, 2.45) is 0 Å². The quantitative estimate of drug-likeness (QED) is 0.780. The van der Waals surface area contributed by atoms with Gasteiger partial charge >= 0.3 is 0 Å². The predicted octanol–water partition coefficient (Wildman–Crippen LogP) is 1.39. The maximum Gasteiger partial charge on any atom is 0.253 e. The molecule has 0 aliphatic heterocycles. The second-order valence-corrected chi connectivity index (χ2v) is 6.90. The van der Waals surface area contributed by atoms with Crippen molar-refractivity contribution in [1.82, 2.24) is 15.2 Å². The molecule has 0 unspecified atom stereocenters. The van der Waals surface area contributed by atoms with Gasteiger partial charge in [0.2, 0.25) is 0 Å². The van der Waals surface area contributed by atoms with E-state index in [0.717, 1.165) is 0 Å². The Morgan fingerprint density at radius 1 is 1.30 bits per heavy atom. The van der Waals surface area contributed by atoms with Gasteiger partial charge in [0.15, 0.2) is 0 Å². The Labute approximate surface area is 120 Å². The van der Waals surface area contributed by atoms with Crippen LogP contribution in [0.4, 0.5) is 4.39 Å². The van der Waals surface area contributed by atoms with E-state index >= 15 is 0 Å². The minimum atomic E-state index is -3.68. The zero-order chi connectivity index (χ0) is 15.5. The number of aryl methyl sites for hydroxylation is 1. The Morgan fingerprint density at radius 2 is 1.90 bits per heavy atom. The molecule has 0 fully saturated rings. The maximum absolute atomic E-state index is 14.0. The number of hydrazine groups is 1. The van der Waals surface area contributed by atoms with Crippen molar-refractivity contribution in [3.8, 4) is 0 Å². The van der Waals surface area contributed by atoms with Gasteiger partial charge in [0, 0.05) is 32.2 Å². The Hall–Kier alpha value is -1.02. The minimum Gasteiger partial charge on any atom is -0.310 e. The summed E-state index contributed by atoms with van der Waals surface area (Å²) in [4.78, 5) is 2.40. The van der Waals surface area contributed by atoms with E-state index in [1.54, 1.807) is 21.0 Å². The standard InChI is InChI=1S/C13H22FN3O2S/c1-9(2)15-8-11-7-12(6-10(3)13(11)14)20(18,19)16-17(4)5/h6-7,9,15-16H,8H2,1-5H3. The third-order valence-corrected chi connectivity index (χ3v) is 4.08. The number of benzene rings is 1. The molecule has 0 aliphatic rings. The molecule has 0 aromatic heterocycles. The average molecular weight is 303 g/mol. The summed E-state index contributed by atoms with van der Waals surface area (Å²) in [6.45, 7) is 5.73. The molecule has 0 radical (unpaired) electrons. The van der Waals surface area contributed by atoms with Crippen LogP contribution in [0.1, 0.15) is 25.0 Å². The van der Waals surface area contributed by atoms with Crippen LogP contribution >= 0.6 is 0 Å². The molecular weight excluding hydrogens is 281 g/mol. The average Bonchev–Trinajstić information content (AvgIpc) is 2.28. The molecular formula is C13H22FN3O2S. The molecule has 20 heavy (non-hydrogen) atoms. The van der Waals surface area contributed by atoms with Crippen molar-refractivity contribution in [3.05, 3.63) is 29.1 Å². The van der Waals surface area contributed by atoms with Gasteiger partial charge in [-0.2, -0.15) is 0 Å². The molecule has 1 aromatic carbocycles. The summed E-state index contributed by atoms with van der Waals surface area (Å²) in [5.74, 6) is -0.373. The molecule has 0 spiro atoms. The second kappa shape index (κ2) is 6.62. The molecule has 0 aliphatic carbocycles. The van der Waals surface area contributed by atoms with Crippen LogP contribution in [0.5, 0.6) is 0 Å². The van der Waals surface area contributed by atoms with Crippen LogP contribution in [-0.2, 0) is 16.6 Å². The van der Waals surface area contributed by atoms with Gasteiger partial charge in [-0.3, -0.25) is 0 Å². The van der Waals surface area contributed by atoms with Crippen molar-refractivity contribution >= 4 is 10.0 Å². The Bertz CT molecular complexity index is 571. The first-order valence-corrected chi connectivity index (χ1v) is 7.84. The van der Waals surface area contributed by atoms with Crippen LogP contribution in [0.3, 0.4) is 0 Å². The number of nitrogens with zero attached hydrogens (tertiary/aromatic N) is 1. The van der Waals surface area contributed by atoms with Gasteiger partial charge in [-0.15, -0.1) is 4.83 Å². The van der Waals surface area contributed by atoms with Gasteiger partial charge in [0.1, 0.15) is 5.82 Å². The van der Waals surface area contributed by atoms with Crippen LogP contribution in [0.25, 0.3) is 0 Å². The Morgan fingerprint density at radius 3 is 2.40 bits per heavy atom. The SMILES string of the molecule is Cc1cc(S(=O)(=O)NN(C)C)cc(CNC(C)C)c1F. The summed E-state index contributed by atoms with van der Waals surface area (Å²) in [6.07, 6.45) is 0. The van der Waals surface area contributed by atoms with Gasteiger partial charge in [0.25, 0.3) is 10.0 Å². The van der Waals surface area contributed by atoms with Crippen molar-refractivity contribution < 1.29 is 12.8 Å². The van der Waals surface area contributed by atoms with Crippen LogP contribution in [0.15, 0.2) is 17.0 Å². The van der Waals surface area contributed by atoms with Crippen LogP contribution in [0.2, 0.25) is 0 Å². The van der Waals surface area contributed by atoms with E-state index < -0.39 is 10.0 Å². The van der Waals surface area contributed by atoms with E-state index in [9.17, 15) is 12.8 Å². The van der Waals surface area contributed by atoms with Gasteiger partial charge in [0.05, 0.1) is 4.90 Å². The molecule has 5 nitrogen and oxygen atoms in total. The first kappa shape index (κ1) is 17.0. The molecule has 0 heterocycles.